The summed E-state index contributed by atoms with van der Waals surface area (Å²) < 4.78 is 35.0. The topological polar surface area (TPSA) is 20.2 Å². The highest BCUT2D eigenvalue weighted by atomic mass is 32.2. The fourth-order valence-corrected chi connectivity index (χ4v) is 1.64. The number of halogens is 3. The van der Waals surface area contributed by atoms with E-state index in [9.17, 15) is 13.2 Å². The maximum Gasteiger partial charge on any atom is 0.389 e. The second kappa shape index (κ2) is 5.75. The normalized spacial score (nSPS) is 17.1. The largest absolute Gasteiger partial charge is 0.392 e. The molecule has 80 valence electrons. The van der Waals surface area contributed by atoms with E-state index >= 15 is 0 Å². The summed E-state index contributed by atoms with van der Waals surface area (Å²) in [4.78, 5) is 0. The number of hydrogen-bond acceptors (Lipinski definition) is 2. The molecule has 1 nitrogen and oxygen atoms in total. The number of aliphatic hydroxyl groups excluding tert-OH is 1. The first-order chi connectivity index (χ1) is 5.83. The third kappa shape index (κ3) is 8.43. The molecule has 2 atom stereocenters. The first-order valence-electron chi connectivity index (χ1n) is 4.19. The first kappa shape index (κ1) is 13.1. The van der Waals surface area contributed by atoms with Gasteiger partial charge in [-0.05, 0) is 19.1 Å². The predicted molar refractivity (Wildman–Crippen MR) is 48.9 cm³/mol. The summed E-state index contributed by atoms with van der Waals surface area (Å²) in [6.07, 6.45) is -5.11. The Morgan fingerprint density at radius 1 is 1.31 bits per heavy atom. The molecule has 0 aliphatic carbocycles. The van der Waals surface area contributed by atoms with Crippen LogP contribution in [0, 0.1) is 0 Å². The highest BCUT2D eigenvalue weighted by Crippen LogP contribution is 2.24. The van der Waals surface area contributed by atoms with Gasteiger partial charge in [-0.2, -0.15) is 24.9 Å². The van der Waals surface area contributed by atoms with E-state index < -0.39 is 18.7 Å². The lowest BCUT2D eigenvalue weighted by Crippen LogP contribution is -2.16. The summed E-state index contributed by atoms with van der Waals surface area (Å²) in [5, 5.41) is 9.04. The fraction of sp³-hybridized carbons (Fsp3) is 1.00. The molecule has 0 radical (unpaired) electrons. The number of alkyl halides is 3. The van der Waals surface area contributed by atoms with Crippen molar-refractivity contribution in [3.63, 3.8) is 0 Å². The first-order valence-corrected chi connectivity index (χ1v) is 5.24. The van der Waals surface area contributed by atoms with E-state index in [0.29, 0.717) is 5.75 Å². The van der Waals surface area contributed by atoms with Crippen LogP contribution in [0.5, 0.6) is 0 Å². The van der Waals surface area contributed by atoms with Crippen molar-refractivity contribution in [3.05, 3.63) is 0 Å². The van der Waals surface area contributed by atoms with Crippen LogP contribution in [-0.2, 0) is 0 Å². The van der Waals surface area contributed by atoms with Crippen LogP contribution in [0.3, 0.4) is 0 Å². The van der Waals surface area contributed by atoms with Gasteiger partial charge in [0.1, 0.15) is 0 Å². The maximum atomic E-state index is 11.7. The number of hydrogen-bond donors (Lipinski definition) is 1. The molecule has 0 saturated carbocycles. The van der Waals surface area contributed by atoms with Gasteiger partial charge in [-0.15, -0.1) is 0 Å². The van der Waals surface area contributed by atoms with E-state index in [0.717, 1.165) is 0 Å². The van der Waals surface area contributed by atoms with Crippen molar-refractivity contribution in [1.29, 1.82) is 0 Å². The third-order valence-corrected chi connectivity index (χ3v) is 3.11. The molecule has 5 heteroatoms. The minimum atomic E-state index is -4.05. The van der Waals surface area contributed by atoms with Gasteiger partial charge < -0.3 is 5.11 Å². The second-order valence-electron chi connectivity index (χ2n) is 3.04. The van der Waals surface area contributed by atoms with Crippen LogP contribution < -0.4 is 0 Å². The number of thioether (sulfide) groups is 1. The summed E-state index contributed by atoms with van der Waals surface area (Å²) in [6, 6.07) is 0. The average Bonchev–Trinajstić information content (AvgIpc) is 1.95. The summed E-state index contributed by atoms with van der Waals surface area (Å²) in [7, 11) is 0. The van der Waals surface area contributed by atoms with Crippen molar-refractivity contribution < 1.29 is 18.3 Å². The van der Waals surface area contributed by atoms with Gasteiger partial charge in [0.15, 0.2) is 0 Å². The van der Waals surface area contributed by atoms with E-state index in [1.165, 1.54) is 11.8 Å². The molecular formula is C8H15F3OS. The van der Waals surface area contributed by atoms with Gasteiger partial charge in [0.25, 0.3) is 0 Å². The molecule has 0 aromatic carbocycles. The maximum absolute atomic E-state index is 11.7. The Hall–Kier alpha value is 0.100. The van der Waals surface area contributed by atoms with Gasteiger partial charge in [0.05, 0.1) is 6.10 Å². The average molecular weight is 216 g/mol. The molecule has 2 unspecified atom stereocenters. The Morgan fingerprint density at radius 2 is 1.85 bits per heavy atom. The standard InChI is InChI=1S/C8H15F3OS/c1-6(12)7(2)13-5-3-4-8(9,10)11/h6-7,12H,3-5H2,1-2H3. The lowest BCUT2D eigenvalue weighted by atomic mass is 10.3. The van der Waals surface area contributed by atoms with Gasteiger partial charge in [0, 0.05) is 11.7 Å². The quantitative estimate of drug-likeness (QED) is 0.713. The van der Waals surface area contributed by atoms with E-state index in [2.05, 4.69) is 0 Å². The number of aliphatic hydroxyl groups is 1. The zero-order valence-electron chi connectivity index (χ0n) is 7.77. The highest BCUT2D eigenvalue weighted by Gasteiger charge is 2.26. The summed E-state index contributed by atoms with van der Waals surface area (Å²) in [5.74, 6) is 0.450. The Balaban J connectivity index is 3.36. The smallest absolute Gasteiger partial charge is 0.389 e. The Labute approximate surface area is 80.7 Å². The summed E-state index contributed by atoms with van der Waals surface area (Å²) >= 11 is 1.38. The Kier molecular flexibility index (Phi) is 5.80. The molecule has 0 aromatic heterocycles. The molecule has 0 heterocycles. The molecule has 0 aliphatic rings. The molecule has 13 heavy (non-hydrogen) atoms. The molecule has 0 spiro atoms. The molecule has 0 fully saturated rings. The van der Waals surface area contributed by atoms with Gasteiger partial charge in [0.2, 0.25) is 0 Å². The van der Waals surface area contributed by atoms with E-state index in [4.69, 9.17) is 5.11 Å². The SMILES string of the molecule is CC(O)C(C)SCCCC(F)(F)F. The second-order valence-corrected chi connectivity index (χ2v) is 4.52. The lowest BCUT2D eigenvalue weighted by molar-refractivity contribution is -0.134. The van der Waals surface area contributed by atoms with Gasteiger partial charge in [-0.3, -0.25) is 0 Å². The van der Waals surface area contributed by atoms with Gasteiger partial charge in [-0.25, -0.2) is 0 Å². The van der Waals surface area contributed by atoms with Crippen molar-refractivity contribution in [3.8, 4) is 0 Å². The predicted octanol–water partition coefficient (Wildman–Crippen LogP) is 2.83. The summed E-state index contributed by atoms with van der Waals surface area (Å²) in [5.41, 5.74) is 0. The molecule has 0 bridgehead atoms. The van der Waals surface area contributed by atoms with Crippen LogP contribution in [0.1, 0.15) is 26.7 Å². The molecule has 0 aliphatic heterocycles. The van der Waals surface area contributed by atoms with Gasteiger partial charge in [-0.1, -0.05) is 6.92 Å². The number of rotatable bonds is 5. The molecule has 0 aromatic rings. The minimum absolute atomic E-state index is 0.00762. The van der Waals surface area contributed by atoms with Crippen LogP contribution in [0.25, 0.3) is 0 Å². The van der Waals surface area contributed by atoms with E-state index in [-0.39, 0.29) is 11.7 Å². The van der Waals surface area contributed by atoms with Crippen molar-refractivity contribution >= 4 is 11.8 Å². The Bertz CT molecular complexity index is 136. The Morgan fingerprint density at radius 3 is 2.23 bits per heavy atom. The molecular weight excluding hydrogens is 201 g/mol. The highest BCUT2D eigenvalue weighted by molar-refractivity contribution is 7.99. The van der Waals surface area contributed by atoms with Crippen LogP contribution in [0.4, 0.5) is 13.2 Å². The van der Waals surface area contributed by atoms with Crippen molar-refractivity contribution in [1.82, 2.24) is 0 Å². The molecule has 1 N–H and O–H groups in total. The van der Waals surface area contributed by atoms with Gasteiger partial charge >= 0.3 is 6.18 Å². The van der Waals surface area contributed by atoms with Crippen LogP contribution >= 0.6 is 11.8 Å². The monoisotopic (exact) mass is 216 g/mol. The van der Waals surface area contributed by atoms with Crippen molar-refractivity contribution in [2.24, 2.45) is 0 Å². The minimum Gasteiger partial charge on any atom is -0.392 e. The van der Waals surface area contributed by atoms with Crippen molar-refractivity contribution in [2.75, 3.05) is 5.75 Å². The van der Waals surface area contributed by atoms with Crippen LogP contribution in [-0.4, -0.2) is 28.4 Å². The molecule has 0 saturated heterocycles. The van der Waals surface area contributed by atoms with Crippen molar-refractivity contribution in [2.45, 2.75) is 44.2 Å². The zero-order chi connectivity index (χ0) is 10.5. The molecule has 0 rings (SSSR count). The van der Waals surface area contributed by atoms with E-state index in [1.54, 1.807) is 6.92 Å². The van der Waals surface area contributed by atoms with Crippen LogP contribution in [0.2, 0.25) is 0 Å². The van der Waals surface area contributed by atoms with Crippen LogP contribution in [0.15, 0.2) is 0 Å². The third-order valence-electron chi connectivity index (χ3n) is 1.66. The lowest BCUT2D eigenvalue weighted by Gasteiger charge is -2.13. The molecule has 0 amide bonds. The van der Waals surface area contributed by atoms with E-state index in [1.807, 2.05) is 6.92 Å². The summed E-state index contributed by atoms with van der Waals surface area (Å²) in [6.45, 7) is 3.45. The fourth-order valence-electron chi connectivity index (χ4n) is 0.681. The zero-order valence-corrected chi connectivity index (χ0v) is 8.58.